The third-order valence-corrected chi connectivity index (χ3v) is 3.95. The van der Waals surface area contributed by atoms with Crippen molar-refractivity contribution in [2.24, 2.45) is 5.73 Å². The number of rotatable bonds is 4. The molecule has 0 saturated heterocycles. The molecule has 4 heteroatoms. The molecule has 2 nitrogen and oxygen atoms in total. The molecule has 0 fully saturated rings. The first-order valence-corrected chi connectivity index (χ1v) is 6.60. The average Bonchev–Trinajstić information content (AvgIpc) is 2.76. The van der Waals surface area contributed by atoms with Gasteiger partial charge in [-0.3, -0.25) is 0 Å². The molecular weight excluding hydrogens is 224 g/mol. The summed E-state index contributed by atoms with van der Waals surface area (Å²) in [4.78, 5) is 4.54. The Labute approximate surface area is 97.5 Å². The normalized spacial score (nSPS) is 10.5. The van der Waals surface area contributed by atoms with E-state index in [-0.39, 0.29) is 0 Å². The lowest BCUT2D eigenvalue weighted by molar-refractivity contribution is 1.14. The molecular formula is C11H12N2S2. The van der Waals surface area contributed by atoms with Crippen molar-refractivity contribution in [2.75, 3.05) is 12.3 Å². The maximum absolute atomic E-state index is 5.45. The Balaban J connectivity index is 2.14. The van der Waals surface area contributed by atoms with Gasteiger partial charge in [0.25, 0.3) is 0 Å². The van der Waals surface area contributed by atoms with Crippen LogP contribution in [0.4, 0.5) is 0 Å². The molecule has 78 valence electrons. The zero-order chi connectivity index (χ0) is 10.5. The van der Waals surface area contributed by atoms with Crippen molar-refractivity contribution < 1.29 is 0 Å². The molecule has 0 unspecified atom stereocenters. The molecule has 0 amide bonds. The summed E-state index contributed by atoms with van der Waals surface area (Å²) >= 11 is 3.40. The number of hydrogen-bond acceptors (Lipinski definition) is 4. The van der Waals surface area contributed by atoms with Crippen molar-refractivity contribution in [3.8, 4) is 11.3 Å². The van der Waals surface area contributed by atoms with Crippen LogP contribution >= 0.6 is 23.1 Å². The predicted octanol–water partition coefficient (Wildman–Crippen LogP) is 2.86. The summed E-state index contributed by atoms with van der Waals surface area (Å²) in [5.74, 6) is 0.932. The molecule has 0 radical (unpaired) electrons. The molecule has 0 aliphatic heterocycles. The summed E-state index contributed by atoms with van der Waals surface area (Å²) in [7, 11) is 0. The second-order valence-electron chi connectivity index (χ2n) is 3.00. The molecule has 0 aliphatic rings. The van der Waals surface area contributed by atoms with Crippen molar-refractivity contribution in [3.05, 3.63) is 35.7 Å². The lowest BCUT2D eigenvalue weighted by atomic mass is 10.2. The van der Waals surface area contributed by atoms with Gasteiger partial charge in [-0.15, -0.1) is 11.3 Å². The van der Waals surface area contributed by atoms with Gasteiger partial charge in [0.2, 0.25) is 0 Å². The molecule has 15 heavy (non-hydrogen) atoms. The van der Waals surface area contributed by atoms with Crippen molar-refractivity contribution in [3.63, 3.8) is 0 Å². The lowest BCUT2D eigenvalue weighted by Gasteiger charge is -1.94. The molecule has 2 rings (SSSR count). The Morgan fingerprint density at radius 1 is 1.27 bits per heavy atom. The fourth-order valence-corrected chi connectivity index (χ4v) is 2.89. The first kappa shape index (κ1) is 10.7. The van der Waals surface area contributed by atoms with E-state index in [4.69, 9.17) is 5.73 Å². The fraction of sp³-hybridized carbons (Fsp3) is 0.182. The van der Waals surface area contributed by atoms with Gasteiger partial charge < -0.3 is 5.73 Å². The third kappa shape index (κ3) is 2.81. The molecule has 1 heterocycles. The van der Waals surface area contributed by atoms with Gasteiger partial charge in [0.1, 0.15) is 0 Å². The Bertz CT molecular complexity index is 412. The molecule has 2 aromatic rings. The van der Waals surface area contributed by atoms with E-state index in [2.05, 4.69) is 22.5 Å². The van der Waals surface area contributed by atoms with Crippen LogP contribution in [-0.4, -0.2) is 17.3 Å². The van der Waals surface area contributed by atoms with Crippen LogP contribution in [0.5, 0.6) is 0 Å². The van der Waals surface area contributed by atoms with Crippen molar-refractivity contribution in [2.45, 2.75) is 4.34 Å². The van der Waals surface area contributed by atoms with Gasteiger partial charge in [0.05, 0.1) is 5.69 Å². The summed E-state index contributed by atoms with van der Waals surface area (Å²) in [6.07, 6.45) is 0. The summed E-state index contributed by atoms with van der Waals surface area (Å²) < 4.78 is 1.10. The number of nitrogens with two attached hydrogens (primary N) is 1. The molecule has 0 spiro atoms. The molecule has 0 saturated carbocycles. The molecule has 2 N–H and O–H groups in total. The van der Waals surface area contributed by atoms with E-state index in [1.54, 1.807) is 23.1 Å². The zero-order valence-corrected chi connectivity index (χ0v) is 9.85. The minimum atomic E-state index is 0.699. The third-order valence-electron chi connectivity index (χ3n) is 1.90. The Hall–Kier alpha value is -0.840. The summed E-state index contributed by atoms with van der Waals surface area (Å²) in [5, 5.41) is 2.09. The number of thiazole rings is 1. The van der Waals surface area contributed by atoms with Crippen LogP contribution in [0.3, 0.4) is 0 Å². The van der Waals surface area contributed by atoms with Gasteiger partial charge in [0.15, 0.2) is 4.34 Å². The highest BCUT2D eigenvalue weighted by atomic mass is 32.2. The number of nitrogens with zero attached hydrogens (tertiary/aromatic N) is 1. The number of aromatic nitrogens is 1. The van der Waals surface area contributed by atoms with Gasteiger partial charge >= 0.3 is 0 Å². The molecule has 1 aromatic heterocycles. The van der Waals surface area contributed by atoms with Crippen LogP contribution in [-0.2, 0) is 0 Å². The van der Waals surface area contributed by atoms with E-state index < -0.39 is 0 Å². The van der Waals surface area contributed by atoms with Gasteiger partial charge in [-0.25, -0.2) is 4.98 Å². The number of thioether (sulfide) groups is 1. The predicted molar refractivity (Wildman–Crippen MR) is 67.3 cm³/mol. The highest BCUT2D eigenvalue weighted by molar-refractivity contribution is 8.01. The second-order valence-corrected chi connectivity index (χ2v) is 5.20. The van der Waals surface area contributed by atoms with E-state index in [0.29, 0.717) is 6.54 Å². The van der Waals surface area contributed by atoms with Crippen LogP contribution in [0.25, 0.3) is 11.3 Å². The number of benzene rings is 1. The first-order valence-electron chi connectivity index (χ1n) is 4.74. The minimum Gasteiger partial charge on any atom is -0.330 e. The summed E-state index contributed by atoms with van der Waals surface area (Å²) in [6, 6.07) is 10.2. The highest BCUT2D eigenvalue weighted by Crippen LogP contribution is 2.27. The van der Waals surface area contributed by atoms with E-state index in [0.717, 1.165) is 15.8 Å². The van der Waals surface area contributed by atoms with Gasteiger partial charge in [-0.1, -0.05) is 42.1 Å². The fourth-order valence-electron chi connectivity index (χ4n) is 1.21. The van der Waals surface area contributed by atoms with Crippen molar-refractivity contribution >= 4 is 23.1 Å². The first-order chi connectivity index (χ1) is 7.40. The standard InChI is InChI=1S/C11H12N2S2/c12-6-7-14-11-13-10(8-15-11)9-4-2-1-3-5-9/h1-5,8H,6-7,12H2. The van der Waals surface area contributed by atoms with E-state index in [9.17, 15) is 0 Å². The molecule has 1 aromatic carbocycles. The minimum absolute atomic E-state index is 0.699. The van der Waals surface area contributed by atoms with Crippen LogP contribution in [0.1, 0.15) is 0 Å². The van der Waals surface area contributed by atoms with Crippen LogP contribution in [0.2, 0.25) is 0 Å². The average molecular weight is 236 g/mol. The number of hydrogen-bond donors (Lipinski definition) is 1. The maximum Gasteiger partial charge on any atom is 0.150 e. The Morgan fingerprint density at radius 3 is 2.80 bits per heavy atom. The Kier molecular flexibility index (Phi) is 3.77. The lowest BCUT2D eigenvalue weighted by Crippen LogP contribution is -2.00. The highest BCUT2D eigenvalue weighted by Gasteiger charge is 2.03. The van der Waals surface area contributed by atoms with E-state index in [1.165, 1.54) is 5.56 Å². The van der Waals surface area contributed by atoms with Crippen molar-refractivity contribution in [1.82, 2.24) is 4.98 Å². The monoisotopic (exact) mass is 236 g/mol. The molecule has 0 atom stereocenters. The maximum atomic E-state index is 5.45. The van der Waals surface area contributed by atoms with E-state index >= 15 is 0 Å². The molecule has 0 bridgehead atoms. The van der Waals surface area contributed by atoms with Crippen LogP contribution in [0.15, 0.2) is 40.1 Å². The van der Waals surface area contributed by atoms with Crippen LogP contribution in [0, 0.1) is 0 Å². The van der Waals surface area contributed by atoms with Crippen LogP contribution < -0.4 is 5.73 Å². The topological polar surface area (TPSA) is 38.9 Å². The van der Waals surface area contributed by atoms with Gasteiger partial charge in [-0.05, 0) is 0 Å². The molecule has 0 aliphatic carbocycles. The quantitative estimate of drug-likeness (QED) is 0.830. The van der Waals surface area contributed by atoms with E-state index in [1.807, 2.05) is 18.2 Å². The second kappa shape index (κ2) is 5.30. The summed E-state index contributed by atoms with van der Waals surface area (Å²) in [6.45, 7) is 0.699. The zero-order valence-electron chi connectivity index (χ0n) is 8.22. The Morgan fingerprint density at radius 2 is 2.07 bits per heavy atom. The van der Waals surface area contributed by atoms with Crippen molar-refractivity contribution in [1.29, 1.82) is 0 Å². The summed E-state index contributed by atoms with van der Waals surface area (Å²) in [5.41, 5.74) is 7.68. The van der Waals surface area contributed by atoms with Gasteiger partial charge in [-0.2, -0.15) is 0 Å². The SMILES string of the molecule is NCCSc1nc(-c2ccccc2)cs1. The van der Waals surface area contributed by atoms with Gasteiger partial charge in [0, 0.05) is 23.2 Å². The largest absolute Gasteiger partial charge is 0.330 e. The smallest absolute Gasteiger partial charge is 0.150 e.